The van der Waals surface area contributed by atoms with E-state index < -0.39 is 0 Å². The first-order valence-electron chi connectivity index (χ1n) is 7.62. The lowest BCUT2D eigenvalue weighted by Crippen LogP contribution is -2.48. The molecule has 0 unspecified atom stereocenters. The van der Waals surface area contributed by atoms with Gasteiger partial charge in [0.05, 0.1) is 0 Å². The summed E-state index contributed by atoms with van der Waals surface area (Å²) in [6, 6.07) is 4.05. The lowest BCUT2D eigenvalue weighted by Gasteiger charge is -2.35. The van der Waals surface area contributed by atoms with Crippen LogP contribution < -0.4 is 5.73 Å². The predicted octanol–water partition coefficient (Wildman–Crippen LogP) is 1.24. The molecule has 1 aliphatic heterocycles. The molecule has 1 fully saturated rings. The fraction of sp³-hybridized carbons (Fsp3) is 0.625. The van der Waals surface area contributed by atoms with Crippen molar-refractivity contribution in [1.82, 2.24) is 14.8 Å². The van der Waals surface area contributed by atoms with Crippen molar-refractivity contribution in [3.05, 3.63) is 30.1 Å². The summed E-state index contributed by atoms with van der Waals surface area (Å²) < 4.78 is 0. The van der Waals surface area contributed by atoms with E-state index in [4.69, 9.17) is 5.73 Å². The number of pyridine rings is 1. The molecule has 2 heterocycles. The molecule has 1 aromatic rings. The summed E-state index contributed by atoms with van der Waals surface area (Å²) in [5.41, 5.74) is 6.89. The molecule has 2 N–H and O–H groups in total. The average Bonchev–Trinajstić information content (AvgIpc) is 2.46. The first kappa shape index (κ1) is 15.9. The van der Waals surface area contributed by atoms with Crippen LogP contribution >= 0.6 is 0 Å². The second-order valence-electron chi connectivity index (χ2n) is 6.51. The van der Waals surface area contributed by atoms with Gasteiger partial charge in [-0.25, -0.2) is 0 Å². The Hall–Kier alpha value is -1.46. The van der Waals surface area contributed by atoms with E-state index in [9.17, 15) is 4.79 Å². The quantitative estimate of drug-likeness (QED) is 0.886. The van der Waals surface area contributed by atoms with Crippen molar-refractivity contribution in [1.29, 1.82) is 0 Å². The highest BCUT2D eigenvalue weighted by atomic mass is 16.2. The molecular formula is C16H26N4O. The van der Waals surface area contributed by atoms with Crippen LogP contribution in [0, 0.1) is 0 Å². The van der Waals surface area contributed by atoms with Gasteiger partial charge in [-0.3, -0.25) is 14.7 Å². The van der Waals surface area contributed by atoms with Crippen LogP contribution in [0.5, 0.6) is 0 Å². The van der Waals surface area contributed by atoms with E-state index in [1.54, 1.807) is 6.20 Å². The Morgan fingerprint density at radius 3 is 2.62 bits per heavy atom. The maximum Gasteiger partial charge on any atom is 0.222 e. The molecule has 0 radical (unpaired) electrons. The van der Waals surface area contributed by atoms with Gasteiger partial charge < -0.3 is 10.6 Å². The fourth-order valence-corrected chi connectivity index (χ4v) is 2.49. The second kappa shape index (κ2) is 7.00. The van der Waals surface area contributed by atoms with Crippen molar-refractivity contribution in [2.24, 2.45) is 5.73 Å². The Kier molecular flexibility index (Phi) is 5.31. The number of amides is 1. The van der Waals surface area contributed by atoms with Crippen LogP contribution in [0.15, 0.2) is 24.5 Å². The zero-order valence-corrected chi connectivity index (χ0v) is 13.1. The molecular weight excluding hydrogens is 264 g/mol. The molecule has 0 saturated carbocycles. The number of nitrogens with zero attached hydrogens (tertiary/aromatic N) is 3. The summed E-state index contributed by atoms with van der Waals surface area (Å²) in [5, 5.41) is 0. The molecule has 5 heteroatoms. The molecule has 0 atom stereocenters. The van der Waals surface area contributed by atoms with Gasteiger partial charge in [-0.15, -0.1) is 0 Å². The summed E-state index contributed by atoms with van der Waals surface area (Å²) in [7, 11) is 0. The highest BCUT2D eigenvalue weighted by molar-refractivity contribution is 5.76. The topological polar surface area (TPSA) is 62.5 Å². The number of hydrogen-bond acceptors (Lipinski definition) is 4. The Morgan fingerprint density at radius 1 is 1.33 bits per heavy atom. The molecule has 0 bridgehead atoms. The zero-order chi connectivity index (χ0) is 15.3. The van der Waals surface area contributed by atoms with E-state index >= 15 is 0 Å². The number of rotatable bonds is 5. The standard InChI is InChI=1S/C16H26N4O/c1-16(2,17)6-5-15(21)20-10-8-19(9-11-20)13-14-4-3-7-18-12-14/h3-4,7,12H,5-6,8-11,13,17H2,1-2H3. The van der Waals surface area contributed by atoms with Crippen molar-refractivity contribution < 1.29 is 4.79 Å². The summed E-state index contributed by atoms with van der Waals surface area (Å²) >= 11 is 0. The van der Waals surface area contributed by atoms with Crippen LogP contribution in [-0.2, 0) is 11.3 Å². The monoisotopic (exact) mass is 290 g/mol. The molecule has 21 heavy (non-hydrogen) atoms. The zero-order valence-electron chi connectivity index (χ0n) is 13.1. The normalized spacial score (nSPS) is 17.0. The molecule has 0 spiro atoms. The Morgan fingerprint density at radius 2 is 2.05 bits per heavy atom. The molecule has 1 amide bonds. The third-order valence-electron chi connectivity index (χ3n) is 3.84. The maximum atomic E-state index is 12.2. The van der Waals surface area contributed by atoms with E-state index in [1.807, 2.05) is 31.0 Å². The summed E-state index contributed by atoms with van der Waals surface area (Å²) in [4.78, 5) is 20.6. The Bertz CT molecular complexity index is 447. The van der Waals surface area contributed by atoms with Crippen molar-refractivity contribution in [3.8, 4) is 0 Å². The number of carbonyl (C=O) groups excluding carboxylic acids is 1. The van der Waals surface area contributed by atoms with Gasteiger partial charge in [0.25, 0.3) is 0 Å². The third kappa shape index (κ3) is 5.44. The molecule has 5 nitrogen and oxygen atoms in total. The van der Waals surface area contributed by atoms with Crippen molar-refractivity contribution >= 4 is 5.91 Å². The van der Waals surface area contributed by atoms with Crippen LogP contribution in [0.25, 0.3) is 0 Å². The highest BCUT2D eigenvalue weighted by Gasteiger charge is 2.22. The summed E-state index contributed by atoms with van der Waals surface area (Å²) in [6.45, 7) is 8.30. The molecule has 0 aliphatic carbocycles. The van der Waals surface area contributed by atoms with Gasteiger partial charge >= 0.3 is 0 Å². The van der Waals surface area contributed by atoms with Crippen molar-refractivity contribution in [2.75, 3.05) is 26.2 Å². The number of nitrogens with two attached hydrogens (primary N) is 1. The molecule has 1 saturated heterocycles. The van der Waals surface area contributed by atoms with Gasteiger partial charge in [-0.1, -0.05) is 6.07 Å². The van der Waals surface area contributed by atoms with Crippen LogP contribution in [0.3, 0.4) is 0 Å². The number of aromatic nitrogens is 1. The van der Waals surface area contributed by atoms with E-state index in [0.717, 1.165) is 39.1 Å². The molecule has 1 aliphatic rings. The minimum atomic E-state index is -0.266. The minimum Gasteiger partial charge on any atom is -0.340 e. The molecule has 2 rings (SSSR count). The van der Waals surface area contributed by atoms with Gasteiger partial charge in [0.2, 0.25) is 5.91 Å². The average molecular weight is 290 g/mol. The Labute approximate surface area is 127 Å². The van der Waals surface area contributed by atoms with E-state index in [0.29, 0.717) is 6.42 Å². The molecule has 116 valence electrons. The largest absolute Gasteiger partial charge is 0.340 e. The van der Waals surface area contributed by atoms with Crippen LogP contribution in [0.2, 0.25) is 0 Å². The SMILES string of the molecule is CC(C)(N)CCC(=O)N1CCN(Cc2cccnc2)CC1. The summed E-state index contributed by atoms with van der Waals surface area (Å²) in [6.07, 6.45) is 4.98. The summed E-state index contributed by atoms with van der Waals surface area (Å²) in [5.74, 6) is 0.231. The number of piperazine rings is 1. The van der Waals surface area contributed by atoms with Crippen molar-refractivity contribution in [2.45, 2.75) is 38.8 Å². The number of carbonyl (C=O) groups is 1. The van der Waals surface area contributed by atoms with Gasteiger partial charge in [0.15, 0.2) is 0 Å². The first-order chi connectivity index (χ1) is 9.94. The van der Waals surface area contributed by atoms with Crippen LogP contribution in [-0.4, -0.2) is 52.4 Å². The molecule has 1 aromatic heterocycles. The van der Waals surface area contributed by atoms with E-state index in [2.05, 4.69) is 16.0 Å². The maximum absolute atomic E-state index is 12.2. The Balaban J connectivity index is 1.74. The van der Waals surface area contributed by atoms with Gasteiger partial charge in [0.1, 0.15) is 0 Å². The predicted molar refractivity (Wildman–Crippen MR) is 83.6 cm³/mol. The minimum absolute atomic E-state index is 0.231. The van der Waals surface area contributed by atoms with Gasteiger partial charge in [-0.2, -0.15) is 0 Å². The van der Waals surface area contributed by atoms with E-state index in [1.165, 1.54) is 5.56 Å². The van der Waals surface area contributed by atoms with E-state index in [-0.39, 0.29) is 11.4 Å². The fourth-order valence-electron chi connectivity index (χ4n) is 2.49. The van der Waals surface area contributed by atoms with Crippen molar-refractivity contribution in [3.63, 3.8) is 0 Å². The number of hydrogen-bond donors (Lipinski definition) is 1. The van der Waals surface area contributed by atoms with Gasteiger partial charge in [0, 0.05) is 57.1 Å². The third-order valence-corrected chi connectivity index (χ3v) is 3.84. The van der Waals surface area contributed by atoms with Gasteiger partial charge in [-0.05, 0) is 31.9 Å². The smallest absolute Gasteiger partial charge is 0.222 e. The highest BCUT2D eigenvalue weighted by Crippen LogP contribution is 2.12. The van der Waals surface area contributed by atoms with Crippen LogP contribution in [0.1, 0.15) is 32.3 Å². The lowest BCUT2D eigenvalue weighted by molar-refractivity contribution is -0.133. The first-order valence-corrected chi connectivity index (χ1v) is 7.62. The molecule has 0 aromatic carbocycles. The van der Waals surface area contributed by atoms with Crippen LogP contribution in [0.4, 0.5) is 0 Å². The lowest BCUT2D eigenvalue weighted by atomic mass is 9.99. The second-order valence-corrected chi connectivity index (χ2v) is 6.51.